The minimum absolute atomic E-state index is 0.161. The van der Waals surface area contributed by atoms with Crippen LogP contribution in [0.15, 0.2) is 51.4 Å². The number of rotatable bonds is 7. The van der Waals surface area contributed by atoms with Crippen LogP contribution >= 0.6 is 22.7 Å². The summed E-state index contributed by atoms with van der Waals surface area (Å²) in [6.45, 7) is 4.10. The minimum atomic E-state index is -3.57. The van der Waals surface area contributed by atoms with E-state index < -0.39 is 10.0 Å². The van der Waals surface area contributed by atoms with Crippen LogP contribution in [-0.2, 0) is 21.2 Å². The summed E-state index contributed by atoms with van der Waals surface area (Å²) >= 11 is 2.56. The number of nitrogens with one attached hydrogen (secondary N) is 2. The highest BCUT2D eigenvalue weighted by Gasteiger charge is 2.15. The summed E-state index contributed by atoms with van der Waals surface area (Å²) in [6.07, 6.45) is 0.189. The molecular formula is C18H19N3O3S3. The maximum atomic E-state index is 12.2. The zero-order valence-corrected chi connectivity index (χ0v) is 17.2. The second kappa shape index (κ2) is 8.20. The SMILES string of the molecule is CC(C)c1csc(NC(=O)Cc2ccc(NS(=O)(=O)c3cccs3)cc2)n1. The third-order valence-corrected chi connectivity index (χ3v) is 7.25. The number of thiazole rings is 1. The van der Waals surface area contributed by atoms with E-state index in [1.807, 2.05) is 5.38 Å². The van der Waals surface area contributed by atoms with Gasteiger partial charge in [0.1, 0.15) is 4.21 Å². The van der Waals surface area contributed by atoms with Gasteiger partial charge >= 0.3 is 0 Å². The van der Waals surface area contributed by atoms with E-state index in [9.17, 15) is 13.2 Å². The van der Waals surface area contributed by atoms with Gasteiger partial charge in [0, 0.05) is 11.1 Å². The molecule has 0 saturated carbocycles. The third kappa shape index (κ3) is 5.15. The summed E-state index contributed by atoms with van der Waals surface area (Å²) < 4.78 is 27.2. The fourth-order valence-electron chi connectivity index (χ4n) is 2.27. The Balaban J connectivity index is 1.59. The molecule has 2 heterocycles. The highest BCUT2D eigenvalue weighted by Crippen LogP contribution is 2.22. The number of amides is 1. The number of carbonyl (C=O) groups is 1. The number of nitrogens with zero attached hydrogens (tertiary/aromatic N) is 1. The highest BCUT2D eigenvalue weighted by molar-refractivity contribution is 7.94. The van der Waals surface area contributed by atoms with E-state index >= 15 is 0 Å². The summed E-state index contributed by atoms with van der Waals surface area (Å²) in [6, 6.07) is 9.99. The van der Waals surface area contributed by atoms with E-state index in [0.29, 0.717) is 16.7 Å². The summed E-state index contributed by atoms with van der Waals surface area (Å²) in [4.78, 5) is 16.6. The topological polar surface area (TPSA) is 88.2 Å². The normalized spacial score (nSPS) is 11.5. The van der Waals surface area contributed by atoms with Crippen LogP contribution in [0.3, 0.4) is 0 Å². The first-order chi connectivity index (χ1) is 12.8. The number of anilines is 2. The molecule has 3 aromatic rings. The van der Waals surface area contributed by atoms with Crippen molar-refractivity contribution in [3.8, 4) is 0 Å². The van der Waals surface area contributed by atoms with E-state index in [1.54, 1.807) is 41.8 Å². The Kier molecular flexibility index (Phi) is 5.93. The van der Waals surface area contributed by atoms with E-state index in [1.165, 1.54) is 11.3 Å². The molecule has 0 saturated heterocycles. The number of aromatic nitrogens is 1. The second-order valence-electron chi connectivity index (χ2n) is 6.19. The van der Waals surface area contributed by atoms with Crippen molar-refractivity contribution in [2.45, 2.75) is 30.4 Å². The third-order valence-electron chi connectivity index (χ3n) is 3.69. The Bertz CT molecular complexity index is 1010. The van der Waals surface area contributed by atoms with Gasteiger partial charge in [-0.15, -0.1) is 22.7 Å². The first-order valence-electron chi connectivity index (χ1n) is 8.24. The van der Waals surface area contributed by atoms with Crippen molar-refractivity contribution >= 4 is 49.4 Å². The van der Waals surface area contributed by atoms with Crippen LogP contribution in [0.4, 0.5) is 10.8 Å². The van der Waals surface area contributed by atoms with Crippen molar-refractivity contribution in [1.29, 1.82) is 0 Å². The van der Waals surface area contributed by atoms with Crippen molar-refractivity contribution in [1.82, 2.24) is 4.98 Å². The number of carbonyl (C=O) groups excluding carboxylic acids is 1. The monoisotopic (exact) mass is 421 g/mol. The van der Waals surface area contributed by atoms with Crippen molar-refractivity contribution in [3.63, 3.8) is 0 Å². The maximum Gasteiger partial charge on any atom is 0.271 e. The lowest BCUT2D eigenvalue weighted by Gasteiger charge is -2.07. The van der Waals surface area contributed by atoms with Gasteiger partial charge < -0.3 is 5.32 Å². The van der Waals surface area contributed by atoms with Crippen LogP contribution in [0.1, 0.15) is 31.0 Å². The van der Waals surface area contributed by atoms with Gasteiger partial charge in [0.2, 0.25) is 5.91 Å². The largest absolute Gasteiger partial charge is 0.302 e. The van der Waals surface area contributed by atoms with Crippen LogP contribution in [0.2, 0.25) is 0 Å². The Hall–Kier alpha value is -2.23. The number of hydrogen-bond acceptors (Lipinski definition) is 6. The molecule has 2 N–H and O–H groups in total. The molecular weight excluding hydrogens is 402 g/mol. The molecule has 0 unspecified atom stereocenters. The molecule has 2 aromatic heterocycles. The van der Waals surface area contributed by atoms with Crippen LogP contribution in [0, 0.1) is 0 Å². The average molecular weight is 422 g/mol. The molecule has 0 aliphatic heterocycles. The molecule has 3 rings (SSSR count). The van der Waals surface area contributed by atoms with Crippen LogP contribution in [-0.4, -0.2) is 19.3 Å². The number of hydrogen-bond donors (Lipinski definition) is 2. The molecule has 0 aliphatic rings. The molecule has 1 amide bonds. The maximum absolute atomic E-state index is 12.2. The molecule has 142 valence electrons. The quantitative estimate of drug-likeness (QED) is 0.595. The molecule has 0 radical (unpaired) electrons. The molecule has 0 fully saturated rings. The van der Waals surface area contributed by atoms with Gasteiger partial charge in [-0.25, -0.2) is 13.4 Å². The van der Waals surface area contributed by atoms with Crippen molar-refractivity contribution in [3.05, 3.63) is 58.4 Å². The summed E-state index contributed by atoms with van der Waals surface area (Å²) in [5, 5.41) is 7.03. The molecule has 0 aliphatic carbocycles. The average Bonchev–Trinajstić information content (AvgIpc) is 3.28. The van der Waals surface area contributed by atoms with Gasteiger partial charge in [-0.05, 0) is 35.1 Å². The van der Waals surface area contributed by atoms with E-state index in [-0.39, 0.29) is 16.5 Å². The predicted molar refractivity (Wildman–Crippen MR) is 110 cm³/mol. The van der Waals surface area contributed by atoms with Gasteiger partial charge in [-0.2, -0.15) is 0 Å². The van der Waals surface area contributed by atoms with E-state index in [0.717, 1.165) is 22.6 Å². The minimum Gasteiger partial charge on any atom is -0.302 e. The number of benzene rings is 1. The van der Waals surface area contributed by atoms with Crippen molar-refractivity contribution in [2.24, 2.45) is 0 Å². The fourth-order valence-corrected chi connectivity index (χ4v) is 5.21. The van der Waals surface area contributed by atoms with Crippen LogP contribution in [0.25, 0.3) is 0 Å². The Morgan fingerprint density at radius 3 is 2.48 bits per heavy atom. The van der Waals surface area contributed by atoms with Crippen LogP contribution < -0.4 is 10.0 Å². The first kappa shape index (κ1) is 19.5. The predicted octanol–water partition coefficient (Wildman–Crippen LogP) is 4.31. The smallest absolute Gasteiger partial charge is 0.271 e. The molecule has 6 nitrogen and oxygen atoms in total. The Morgan fingerprint density at radius 1 is 1.15 bits per heavy atom. The number of sulfonamides is 1. The van der Waals surface area contributed by atoms with E-state index in [4.69, 9.17) is 0 Å². The van der Waals surface area contributed by atoms with E-state index in [2.05, 4.69) is 28.9 Å². The summed E-state index contributed by atoms with van der Waals surface area (Å²) in [5.74, 6) is 0.156. The van der Waals surface area contributed by atoms with Crippen molar-refractivity contribution in [2.75, 3.05) is 10.0 Å². The van der Waals surface area contributed by atoms with Crippen LogP contribution in [0.5, 0.6) is 0 Å². The zero-order valence-electron chi connectivity index (χ0n) is 14.8. The lowest BCUT2D eigenvalue weighted by Crippen LogP contribution is -2.14. The molecule has 0 spiro atoms. The Labute approximate surface area is 166 Å². The highest BCUT2D eigenvalue weighted by atomic mass is 32.2. The summed E-state index contributed by atoms with van der Waals surface area (Å²) in [7, 11) is -3.57. The molecule has 0 atom stereocenters. The van der Waals surface area contributed by atoms with Gasteiger partial charge in [0.15, 0.2) is 5.13 Å². The zero-order chi connectivity index (χ0) is 19.4. The first-order valence-corrected chi connectivity index (χ1v) is 11.5. The van der Waals surface area contributed by atoms with Gasteiger partial charge in [0.25, 0.3) is 10.0 Å². The molecule has 1 aromatic carbocycles. The fraction of sp³-hybridized carbons (Fsp3) is 0.222. The molecule has 0 bridgehead atoms. The van der Waals surface area contributed by atoms with Gasteiger partial charge in [-0.3, -0.25) is 9.52 Å². The molecule has 27 heavy (non-hydrogen) atoms. The standard InChI is InChI=1S/C18H19N3O3S3/c1-12(2)15-11-26-18(19-15)20-16(22)10-13-5-7-14(8-6-13)21-27(23,24)17-4-3-9-25-17/h3-9,11-12,21H,10H2,1-2H3,(H,19,20,22). The lowest BCUT2D eigenvalue weighted by atomic mass is 10.1. The summed E-state index contributed by atoms with van der Waals surface area (Å²) in [5.41, 5.74) is 2.19. The van der Waals surface area contributed by atoms with Gasteiger partial charge in [0.05, 0.1) is 12.1 Å². The van der Waals surface area contributed by atoms with Crippen molar-refractivity contribution < 1.29 is 13.2 Å². The van der Waals surface area contributed by atoms with Gasteiger partial charge in [-0.1, -0.05) is 32.0 Å². The molecule has 9 heteroatoms. The second-order valence-corrected chi connectivity index (χ2v) is 9.91. The number of thiophene rings is 1. The Morgan fingerprint density at radius 2 is 1.89 bits per heavy atom. The lowest BCUT2D eigenvalue weighted by molar-refractivity contribution is -0.115.